The van der Waals surface area contributed by atoms with E-state index in [1.54, 1.807) is 17.0 Å². The van der Waals surface area contributed by atoms with Crippen LogP contribution in [0.2, 0.25) is 0 Å². The molecule has 2 aromatic rings. The molecule has 1 amide bonds. The monoisotopic (exact) mass is 355 g/mol. The van der Waals surface area contributed by atoms with E-state index in [-0.39, 0.29) is 18.0 Å². The Morgan fingerprint density at radius 1 is 1.12 bits per heavy atom. The maximum Gasteiger partial charge on any atom is 0.335 e. The van der Waals surface area contributed by atoms with Gasteiger partial charge in [0.05, 0.1) is 25.1 Å². The Morgan fingerprint density at radius 3 is 2.46 bits per heavy atom. The Balaban J connectivity index is 1.61. The summed E-state index contributed by atoms with van der Waals surface area (Å²) in [7, 11) is 0. The van der Waals surface area contributed by atoms with Gasteiger partial charge in [-0.1, -0.05) is 24.3 Å². The number of β-amino-alcohol motifs (C(OH)–C–C–N with tert-alkyl or cyclic N) is 1. The highest BCUT2D eigenvalue weighted by molar-refractivity contribution is 5.87. The minimum atomic E-state index is -1.01. The molecule has 6 heteroatoms. The summed E-state index contributed by atoms with van der Waals surface area (Å²) in [6.45, 7) is 2.49. The number of aliphatic hydroxyl groups excluding tert-OH is 1. The molecular formula is C20H21NO5. The van der Waals surface area contributed by atoms with E-state index in [2.05, 4.69) is 0 Å². The topological polar surface area (TPSA) is 87.1 Å². The zero-order valence-electron chi connectivity index (χ0n) is 14.5. The van der Waals surface area contributed by atoms with Crippen molar-refractivity contribution < 1.29 is 24.5 Å². The van der Waals surface area contributed by atoms with Gasteiger partial charge in [-0.25, -0.2) is 4.79 Å². The molecule has 0 bridgehead atoms. The van der Waals surface area contributed by atoms with Crippen LogP contribution in [0, 0.1) is 6.92 Å². The Kier molecular flexibility index (Phi) is 5.23. The van der Waals surface area contributed by atoms with Gasteiger partial charge in [-0.15, -0.1) is 0 Å². The lowest BCUT2D eigenvalue weighted by Gasteiger charge is -2.18. The highest BCUT2D eigenvalue weighted by Crippen LogP contribution is 2.21. The summed E-state index contributed by atoms with van der Waals surface area (Å²) in [5.74, 6) is -0.594. The summed E-state index contributed by atoms with van der Waals surface area (Å²) >= 11 is 0. The molecular weight excluding hydrogens is 334 g/mol. The minimum absolute atomic E-state index is 0.0503. The van der Waals surface area contributed by atoms with Gasteiger partial charge in [0, 0.05) is 0 Å². The summed E-state index contributed by atoms with van der Waals surface area (Å²) < 4.78 is 5.74. The highest BCUT2D eigenvalue weighted by Gasteiger charge is 2.35. The molecule has 0 aromatic heterocycles. The summed E-state index contributed by atoms with van der Waals surface area (Å²) in [5, 5.41) is 19.1. The SMILES string of the molecule is Cc1ccccc1CC(=O)N1C[C@@H](O)[C@H](Oc2ccc(C(=O)O)cc2)C1. The van der Waals surface area contributed by atoms with Crippen LogP contribution in [0.4, 0.5) is 0 Å². The van der Waals surface area contributed by atoms with E-state index >= 15 is 0 Å². The number of carbonyl (C=O) groups is 2. The molecule has 1 heterocycles. The molecule has 26 heavy (non-hydrogen) atoms. The number of likely N-dealkylation sites (tertiary alicyclic amines) is 1. The first kappa shape index (κ1) is 17.9. The van der Waals surface area contributed by atoms with Crippen LogP contribution in [0.1, 0.15) is 21.5 Å². The molecule has 0 saturated carbocycles. The fraction of sp³-hybridized carbons (Fsp3) is 0.300. The zero-order valence-corrected chi connectivity index (χ0v) is 14.5. The van der Waals surface area contributed by atoms with Crippen LogP contribution in [-0.2, 0) is 11.2 Å². The molecule has 0 radical (unpaired) electrons. The number of carboxylic acid groups (broad SMARTS) is 1. The van der Waals surface area contributed by atoms with Crippen molar-refractivity contribution in [3.05, 3.63) is 65.2 Å². The number of carboxylic acids is 1. The summed E-state index contributed by atoms with van der Waals surface area (Å²) in [4.78, 5) is 25.0. The molecule has 1 aliphatic heterocycles. The molecule has 1 fully saturated rings. The van der Waals surface area contributed by atoms with Crippen molar-refractivity contribution in [3.63, 3.8) is 0 Å². The van der Waals surface area contributed by atoms with Gasteiger partial charge in [0.2, 0.25) is 5.91 Å². The van der Waals surface area contributed by atoms with Crippen LogP contribution in [0.3, 0.4) is 0 Å². The van der Waals surface area contributed by atoms with Crippen molar-refractivity contribution in [1.82, 2.24) is 4.90 Å². The molecule has 0 unspecified atom stereocenters. The van der Waals surface area contributed by atoms with Crippen molar-refractivity contribution in [2.45, 2.75) is 25.6 Å². The fourth-order valence-corrected chi connectivity index (χ4v) is 3.01. The molecule has 2 atom stereocenters. The third-order valence-electron chi connectivity index (χ3n) is 4.58. The number of amides is 1. The van der Waals surface area contributed by atoms with Crippen LogP contribution in [-0.4, -0.2) is 52.3 Å². The molecule has 3 rings (SSSR count). The summed E-state index contributed by atoms with van der Waals surface area (Å²) in [5.41, 5.74) is 2.20. The maximum absolute atomic E-state index is 12.5. The van der Waals surface area contributed by atoms with Gasteiger partial charge in [0.1, 0.15) is 18.0 Å². The molecule has 1 saturated heterocycles. The van der Waals surface area contributed by atoms with Gasteiger partial charge < -0.3 is 19.8 Å². The van der Waals surface area contributed by atoms with Gasteiger partial charge in [-0.3, -0.25) is 4.79 Å². The number of rotatable bonds is 5. The van der Waals surface area contributed by atoms with Crippen molar-refractivity contribution >= 4 is 11.9 Å². The third kappa shape index (κ3) is 4.03. The molecule has 2 aromatic carbocycles. The lowest BCUT2D eigenvalue weighted by atomic mass is 10.1. The second-order valence-electron chi connectivity index (χ2n) is 6.46. The van der Waals surface area contributed by atoms with Gasteiger partial charge in [0.25, 0.3) is 0 Å². The standard InChI is InChI=1S/C20H21NO5/c1-13-4-2-3-5-15(13)10-19(23)21-11-17(22)18(12-21)26-16-8-6-14(7-9-16)20(24)25/h2-9,17-18,22H,10-12H2,1H3,(H,24,25)/t17-,18-/m1/s1. The van der Waals surface area contributed by atoms with Crippen molar-refractivity contribution in [1.29, 1.82) is 0 Å². The van der Waals surface area contributed by atoms with Gasteiger partial charge in [-0.2, -0.15) is 0 Å². The summed E-state index contributed by atoms with van der Waals surface area (Å²) in [6.07, 6.45) is -1.03. The van der Waals surface area contributed by atoms with E-state index in [4.69, 9.17) is 9.84 Å². The predicted molar refractivity (Wildman–Crippen MR) is 95.3 cm³/mol. The quantitative estimate of drug-likeness (QED) is 0.855. The molecule has 6 nitrogen and oxygen atoms in total. The Labute approximate surface area is 151 Å². The van der Waals surface area contributed by atoms with E-state index < -0.39 is 18.2 Å². The van der Waals surface area contributed by atoms with Crippen LogP contribution in [0.5, 0.6) is 5.75 Å². The molecule has 2 N–H and O–H groups in total. The van der Waals surface area contributed by atoms with E-state index in [0.717, 1.165) is 11.1 Å². The second-order valence-corrected chi connectivity index (χ2v) is 6.46. The number of carbonyl (C=O) groups excluding carboxylic acids is 1. The van der Waals surface area contributed by atoms with Crippen molar-refractivity contribution in [2.75, 3.05) is 13.1 Å². The molecule has 0 spiro atoms. The molecule has 0 aliphatic carbocycles. The average molecular weight is 355 g/mol. The first-order valence-corrected chi connectivity index (χ1v) is 8.44. The smallest absolute Gasteiger partial charge is 0.335 e. The van der Waals surface area contributed by atoms with E-state index in [0.29, 0.717) is 18.7 Å². The van der Waals surface area contributed by atoms with Gasteiger partial charge >= 0.3 is 5.97 Å². The fourth-order valence-electron chi connectivity index (χ4n) is 3.01. The number of hydrogen-bond acceptors (Lipinski definition) is 4. The number of nitrogens with zero attached hydrogens (tertiary/aromatic N) is 1. The second kappa shape index (κ2) is 7.58. The Bertz CT molecular complexity index is 802. The lowest BCUT2D eigenvalue weighted by molar-refractivity contribution is -0.129. The minimum Gasteiger partial charge on any atom is -0.486 e. The van der Waals surface area contributed by atoms with E-state index in [1.807, 2.05) is 31.2 Å². The lowest BCUT2D eigenvalue weighted by Crippen LogP contribution is -2.32. The third-order valence-corrected chi connectivity index (χ3v) is 4.58. The summed E-state index contributed by atoms with van der Waals surface area (Å²) in [6, 6.07) is 13.7. The number of aliphatic hydroxyl groups is 1. The average Bonchev–Trinajstić information content (AvgIpc) is 2.98. The number of aromatic carboxylic acids is 1. The number of hydrogen-bond donors (Lipinski definition) is 2. The maximum atomic E-state index is 12.5. The largest absolute Gasteiger partial charge is 0.486 e. The normalized spacial score (nSPS) is 19.4. The van der Waals surface area contributed by atoms with Crippen LogP contribution < -0.4 is 4.74 Å². The molecule has 1 aliphatic rings. The van der Waals surface area contributed by atoms with Crippen molar-refractivity contribution in [3.8, 4) is 5.75 Å². The molecule has 136 valence electrons. The zero-order chi connectivity index (χ0) is 18.7. The van der Waals surface area contributed by atoms with E-state index in [1.165, 1.54) is 12.1 Å². The Hall–Kier alpha value is -2.86. The van der Waals surface area contributed by atoms with Gasteiger partial charge in [-0.05, 0) is 42.3 Å². The predicted octanol–water partition coefficient (Wildman–Crippen LogP) is 1.89. The first-order valence-electron chi connectivity index (χ1n) is 8.44. The number of ether oxygens (including phenoxy) is 1. The van der Waals surface area contributed by atoms with Gasteiger partial charge in [0.15, 0.2) is 0 Å². The number of benzene rings is 2. The highest BCUT2D eigenvalue weighted by atomic mass is 16.5. The van der Waals surface area contributed by atoms with Crippen LogP contribution in [0.25, 0.3) is 0 Å². The van der Waals surface area contributed by atoms with Crippen LogP contribution >= 0.6 is 0 Å². The first-order chi connectivity index (χ1) is 12.4. The van der Waals surface area contributed by atoms with Crippen molar-refractivity contribution in [2.24, 2.45) is 0 Å². The van der Waals surface area contributed by atoms with E-state index in [9.17, 15) is 14.7 Å². The number of aryl methyl sites for hydroxylation is 1. The van der Waals surface area contributed by atoms with Crippen LogP contribution in [0.15, 0.2) is 48.5 Å². The Morgan fingerprint density at radius 2 is 1.81 bits per heavy atom.